The minimum atomic E-state index is -1.17. The predicted molar refractivity (Wildman–Crippen MR) is 202 cm³/mol. The number of carbonyl (C=O) groups excluding carboxylic acids is 1. The number of rotatable bonds is 13. The monoisotopic (exact) mass is 756 g/mol. The number of ether oxygens (including phenoxy) is 7. The van der Waals surface area contributed by atoms with Crippen molar-refractivity contribution in [3.8, 4) is 40.2 Å². The number of hydrogen-bond donors (Lipinski definition) is 1. The van der Waals surface area contributed by atoms with Gasteiger partial charge in [0.15, 0.2) is 28.8 Å². The number of fused-ring (bicyclic) bond motifs is 2. The summed E-state index contributed by atoms with van der Waals surface area (Å²) in [5.41, 5.74) is 2.22. The van der Waals surface area contributed by atoms with Crippen LogP contribution in [0.5, 0.6) is 40.2 Å². The number of carbonyl (C=O) groups is 1. The van der Waals surface area contributed by atoms with Gasteiger partial charge in [0.25, 0.3) is 5.56 Å². The molecule has 14 nitrogen and oxygen atoms in total. The molecule has 0 amide bonds. The second kappa shape index (κ2) is 16.1. The molecule has 1 aliphatic rings. The number of aromatic nitrogens is 1. The van der Waals surface area contributed by atoms with Crippen LogP contribution in [0.25, 0.3) is 10.9 Å². The van der Waals surface area contributed by atoms with Gasteiger partial charge < -0.3 is 47.2 Å². The Kier molecular flexibility index (Phi) is 11.3. The van der Waals surface area contributed by atoms with Crippen molar-refractivity contribution >= 4 is 16.9 Å². The lowest BCUT2D eigenvalue weighted by Gasteiger charge is -2.38. The Labute approximate surface area is 317 Å². The number of esters is 1. The third-order valence-corrected chi connectivity index (χ3v) is 10.1. The van der Waals surface area contributed by atoms with Gasteiger partial charge in [-0.1, -0.05) is 0 Å². The minimum absolute atomic E-state index is 0.0814. The van der Waals surface area contributed by atoms with Crippen LogP contribution in [0.1, 0.15) is 52.2 Å². The quantitative estimate of drug-likeness (QED) is 0.159. The number of aryl methyl sites for hydroxylation is 1. The van der Waals surface area contributed by atoms with Gasteiger partial charge in [0.1, 0.15) is 11.5 Å². The van der Waals surface area contributed by atoms with Gasteiger partial charge in [0, 0.05) is 31.3 Å². The Morgan fingerprint density at radius 3 is 2.13 bits per heavy atom. The zero-order chi connectivity index (χ0) is 39.6. The average molecular weight is 757 g/mol. The maximum atomic E-state index is 13.9. The average Bonchev–Trinajstić information content (AvgIpc) is 3.21. The van der Waals surface area contributed by atoms with Gasteiger partial charge in [-0.3, -0.25) is 19.3 Å². The van der Waals surface area contributed by atoms with E-state index in [9.17, 15) is 19.5 Å². The maximum Gasteiger partial charge on any atom is 0.306 e. The van der Waals surface area contributed by atoms with Crippen molar-refractivity contribution in [2.75, 3.05) is 56.3 Å². The number of aromatic hydroxyl groups is 1. The highest BCUT2D eigenvalue weighted by molar-refractivity contribution is 5.82. The second-order valence-corrected chi connectivity index (χ2v) is 13.0. The first-order valence-corrected chi connectivity index (χ1v) is 17.4. The molecule has 0 unspecified atom stereocenters. The predicted octanol–water partition coefficient (Wildman–Crippen LogP) is 5.09. The SMILES string of the molecule is COC(=O)C[C@@H](c1oc(CN2CCc3cc(OC)c(OC)cc3[C@@H]2c2cc(OC)c(OC)c(OC)c2)cc(=O)c1O)c1cc2ccc(OC)cc2n(C)c1=O. The van der Waals surface area contributed by atoms with Gasteiger partial charge in [-0.15, -0.1) is 0 Å². The molecule has 6 rings (SSSR count). The standard InChI is InChI=1S/C41H44N2O12/c1-42-30-17-25(48-2)10-9-23(30)13-29(41(42)47)28(20-36(45)53-7)39-38(46)31(44)18-26(55-39)21-43-12-11-22-14-32(49-3)33(50-4)19-27(22)37(43)24-15-34(51-5)40(54-8)35(16-24)52-6/h9-10,13-19,28,37,46H,11-12,20-21H2,1-8H3/t28-,37+/m1/s1. The van der Waals surface area contributed by atoms with Crippen molar-refractivity contribution in [2.45, 2.75) is 31.3 Å². The molecule has 290 valence electrons. The summed E-state index contributed by atoms with van der Waals surface area (Å²) in [7, 11) is 12.1. The molecule has 55 heavy (non-hydrogen) atoms. The van der Waals surface area contributed by atoms with Crippen molar-refractivity contribution in [1.82, 2.24) is 9.47 Å². The number of hydrogen-bond acceptors (Lipinski definition) is 13. The summed E-state index contributed by atoms with van der Waals surface area (Å²) < 4.78 is 46.5. The van der Waals surface area contributed by atoms with Crippen molar-refractivity contribution in [3.63, 3.8) is 0 Å². The van der Waals surface area contributed by atoms with E-state index in [0.717, 1.165) is 16.7 Å². The Morgan fingerprint density at radius 2 is 1.51 bits per heavy atom. The van der Waals surface area contributed by atoms with Crippen LogP contribution in [0.15, 0.2) is 68.6 Å². The summed E-state index contributed by atoms with van der Waals surface area (Å²) in [6.45, 7) is 0.585. The van der Waals surface area contributed by atoms with E-state index in [1.54, 1.807) is 59.8 Å². The van der Waals surface area contributed by atoms with Gasteiger partial charge in [-0.25, -0.2) is 0 Å². The van der Waals surface area contributed by atoms with Crippen LogP contribution < -0.4 is 39.4 Å². The molecule has 2 aromatic heterocycles. The molecule has 2 atom stereocenters. The Balaban J connectivity index is 1.51. The molecule has 0 spiro atoms. The molecule has 0 saturated carbocycles. The molecule has 14 heteroatoms. The highest BCUT2D eigenvalue weighted by Crippen LogP contribution is 2.46. The largest absolute Gasteiger partial charge is 0.502 e. The molecule has 0 aliphatic carbocycles. The van der Waals surface area contributed by atoms with Crippen LogP contribution in [0.4, 0.5) is 0 Å². The molecule has 0 saturated heterocycles. The Hall–Kier alpha value is -6.15. The molecule has 1 N–H and O–H groups in total. The number of nitrogens with zero attached hydrogens (tertiary/aromatic N) is 2. The topological polar surface area (TPSA) is 157 Å². The van der Waals surface area contributed by atoms with Crippen LogP contribution in [-0.2, 0) is 29.5 Å². The van der Waals surface area contributed by atoms with E-state index >= 15 is 0 Å². The molecular formula is C41H44N2O12. The van der Waals surface area contributed by atoms with Crippen LogP contribution >= 0.6 is 0 Å². The smallest absolute Gasteiger partial charge is 0.306 e. The van der Waals surface area contributed by atoms with E-state index < -0.39 is 34.7 Å². The highest BCUT2D eigenvalue weighted by Gasteiger charge is 2.34. The highest BCUT2D eigenvalue weighted by atomic mass is 16.5. The summed E-state index contributed by atoms with van der Waals surface area (Å²) in [5, 5.41) is 11.9. The van der Waals surface area contributed by atoms with Crippen LogP contribution in [-0.4, -0.2) is 76.9 Å². The first-order chi connectivity index (χ1) is 26.5. The maximum absolute atomic E-state index is 13.9. The molecule has 5 aromatic rings. The lowest BCUT2D eigenvalue weighted by Crippen LogP contribution is -2.36. The molecule has 1 aliphatic heterocycles. The van der Waals surface area contributed by atoms with Gasteiger partial charge in [-0.2, -0.15) is 0 Å². The van der Waals surface area contributed by atoms with Crippen molar-refractivity contribution < 1.29 is 47.5 Å². The molecule has 3 heterocycles. The van der Waals surface area contributed by atoms with Gasteiger partial charge >= 0.3 is 5.97 Å². The van der Waals surface area contributed by atoms with Crippen molar-refractivity contribution in [1.29, 1.82) is 0 Å². The van der Waals surface area contributed by atoms with Crippen molar-refractivity contribution in [2.24, 2.45) is 7.05 Å². The zero-order valence-corrected chi connectivity index (χ0v) is 32.0. The molecule has 3 aromatic carbocycles. The second-order valence-electron chi connectivity index (χ2n) is 13.0. The summed E-state index contributed by atoms with van der Waals surface area (Å²) >= 11 is 0. The molecule has 0 radical (unpaired) electrons. The summed E-state index contributed by atoms with van der Waals surface area (Å²) in [6, 6.07) is 15.2. The first kappa shape index (κ1) is 38.6. The van der Waals surface area contributed by atoms with Crippen LogP contribution in [0.2, 0.25) is 0 Å². The summed E-state index contributed by atoms with van der Waals surface area (Å²) in [5.74, 6) is 0.396. The Bertz CT molecular complexity index is 2340. The first-order valence-electron chi connectivity index (χ1n) is 17.4. The minimum Gasteiger partial charge on any atom is -0.502 e. The molecule has 0 fully saturated rings. The Morgan fingerprint density at radius 1 is 0.836 bits per heavy atom. The fourth-order valence-corrected chi connectivity index (χ4v) is 7.33. The van der Waals surface area contributed by atoms with Gasteiger partial charge in [-0.05, 0) is 71.0 Å². The van der Waals surface area contributed by atoms with E-state index in [1.807, 2.05) is 24.3 Å². The summed E-state index contributed by atoms with van der Waals surface area (Å²) in [6.07, 6.45) is 0.217. The van der Waals surface area contributed by atoms with E-state index in [0.29, 0.717) is 58.4 Å². The zero-order valence-electron chi connectivity index (χ0n) is 32.0. The van der Waals surface area contributed by atoms with Crippen LogP contribution in [0.3, 0.4) is 0 Å². The van der Waals surface area contributed by atoms with Crippen LogP contribution in [0, 0.1) is 0 Å². The van der Waals surface area contributed by atoms with Crippen molar-refractivity contribution in [3.05, 3.63) is 109 Å². The lowest BCUT2D eigenvalue weighted by atomic mass is 9.87. The number of pyridine rings is 1. The number of methoxy groups -OCH3 is 7. The number of benzene rings is 3. The van der Waals surface area contributed by atoms with E-state index in [1.165, 1.54) is 32.0 Å². The summed E-state index contributed by atoms with van der Waals surface area (Å²) in [4.78, 5) is 42.5. The van der Waals surface area contributed by atoms with E-state index in [-0.39, 0.29) is 30.0 Å². The fraction of sp³-hybridized carbons (Fsp3) is 0.341. The van der Waals surface area contributed by atoms with Gasteiger partial charge in [0.2, 0.25) is 16.9 Å². The molecular weight excluding hydrogens is 712 g/mol. The third kappa shape index (κ3) is 7.24. The molecule has 0 bridgehead atoms. The normalized spacial score (nSPS) is 14.5. The third-order valence-electron chi connectivity index (χ3n) is 10.1. The fourth-order valence-electron chi connectivity index (χ4n) is 7.33. The van der Waals surface area contributed by atoms with Gasteiger partial charge in [0.05, 0.1) is 80.2 Å². The van der Waals surface area contributed by atoms with E-state index in [2.05, 4.69) is 4.90 Å². The van der Waals surface area contributed by atoms with E-state index in [4.69, 9.17) is 37.6 Å². The lowest BCUT2D eigenvalue weighted by molar-refractivity contribution is -0.141.